The molecule has 3 rings (SSSR count). The van der Waals surface area contributed by atoms with Crippen LogP contribution in [0.3, 0.4) is 0 Å². The molecule has 2 heterocycles. The van der Waals surface area contributed by atoms with Gasteiger partial charge in [0, 0.05) is 32.7 Å². The fourth-order valence-electron chi connectivity index (χ4n) is 3.62. The molecule has 0 spiro atoms. The van der Waals surface area contributed by atoms with Crippen LogP contribution in [0.5, 0.6) is 0 Å². The number of ether oxygens (including phenoxy) is 2. The summed E-state index contributed by atoms with van der Waals surface area (Å²) in [5, 5.41) is 5.00. The van der Waals surface area contributed by atoms with Crippen LogP contribution in [0, 0.1) is 12.7 Å². The predicted octanol–water partition coefficient (Wildman–Crippen LogP) is -0.564. The second-order valence-electron chi connectivity index (χ2n) is 7.62. The molecule has 2 amide bonds. The molecule has 2 N–H and O–H groups in total. The van der Waals surface area contributed by atoms with Crippen molar-refractivity contribution in [2.75, 3.05) is 59.1 Å². The molecule has 0 aromatic heterocycles. The van der Waals surface area contributed by atoms with Gasteiger partial charge >= 0.3 is 11.8 Å². The number of sulfonamides is 1. The van der Waals surface area contributed by atoms with E-state index in [4.69, 9.17) is 9.47 Å². The van der Waals surface area contributed by atoms with Gasteiger partial charge in [-0.15, -0.1) is 0 Å². The van der Waals surface area contributed by atoms with E-state index in [1.165, 1.54) is 13.0 Å². The third kappa shape index (κ3) is 6.23. The van der Waals surface area contributed by atoms with Crippen LogP contribution in [-0.4, -0.2) is 94.8 Å². The van der Waals surface area contributed by atoms with Crippen LogP contribution in [-0.2, 0) is 29.1 Å². The van der Waals surface area contributed by atoms with Crippen molar-refractivity contribution in [3.8, 4) is 0 Å². The molecule has 0 saturated carbocycles. The van der Waals surface area contributed by atoms with Gasteiger partial charge < -0.3 is 20.1 Å². The van der Waals surface area contributed by atoms with Gasteiger partial charge in [0.15, 0.2) is 0 Å². The quantitative estimate of drug-likeness (QED) is 0.511. The largest absolute Gasteiger partial charge is 0.379 e. The van der Waals surface area contributed by atoms with Crippen LogP contribution in [0.15, 0.2) is 23.1 Å². The lowest BCUT2D eigenvalue weighted by Gasteiger charge is -2.34. The topological polar surface area (TPSA) is 117 Å². The van der Waals surface area contributed by atoms with Crippen LogP contribution in [0.2, 0.25) is 0 Å². The van der Waals surface area contributed by atoms with E-state index < -0.39 is 33.9 Å². The second kappa shape index (κ2) is 11.1. The molecule has 12 heteroatoms. The summed E-state index contributed by atoms with van der Waals surface area (Å²) in [6.45, 7) is 5.60. The van der Waals surface area contributed by atoms with Crippen molar-refractivity contribution in [1.82, 2.24) is 19.8 Å². The monoisotopic (exact) mass is 472 g/mol. The van der Waals surface area contributed by atoms with Crippen LogP contribution in [0.25, 0.3) is 0 Å². The summed E-state index contributed by atoms with van der Waals surface area (Å²) < 4.78 is 51.6. The number of morpholine rings is 1. The number of hydrogen-bond donors (Lipinski definition) is 2. The first-order valence-electron chi connectivity index (χ1n) is 10.5. The molecular weight excluding hydrogens is 443 g/mol. The maximum Gasteiger partial charge on any atom is 0.309 e. The number of aryl methyl sites for hydroxylation is 1. The highest BCUT2D eigenvalue weighted by molar-refractivity contribution is 7.89. The molecule has 0 radical (unpaired) electrons. The molecular formula is C20H29FN4O6S. The number of hydrogen-bond acceptors (Lipinski definition) is 7. The van der Waals surface area contributed by atoms with Gasteiger partial charge in [0.25, 0.3) is 0 Å². The fraction of sp³-hybridized carbons (Fsp3) is 0.600. The third-order valence-electron chi connectivity index (χ3n) is 5.34. The minimum atomic E-state index is -3.98. The summed E-state index contributed by atoms with van der Waals surface area (Å²) in [5.41, 5.74) is 0.276. The first-order chi connectivity index (χ1) is 15.3. The molecule has 2 saturated heterocycles. The Morgan fingerprint density at radius 2 is 1.84 bits per heavy atom. The van der Waals surface area contributed by atoms with E-state index in [1.54, 1.807) is 0 Å². The molecule has 10 nitrogen and oxygen atoms in total. The molecule has 1 aromatic carbocycles. The van der Waals surface area contributed by atoms with Gasteiger partial charge in [-0.3, -0.25) is 14.5 Å². The van der Waals surface area contributed by atoms with E-state index >= 15 is 0 Å². The zero-order chi connectivity index (χ0) is 23.1. The zero-order valence-electron chi connectivity index (χ0n) is 18.0. The van der Waals surface area contributed by atoms with Gasteiger partial charge in [0.1, 0.15) is 12.0 Å². The van der Waals surface area contributed by atoms with Gasteiger partial charge in [0.05, 0.1) is 31.3 Å². The number of nitrogens with one attached hydrogen (secondary N) is 2. The number of carbonyl (C=O) groups excluding carboxylic acids is 2. The third-order valence-corrected chi connectivity index (χ3v) is 7.39. The summed E-state index contributed by atoms with van der Waals surface area (Å²) in [6.07, 6.45) is -0.491. The average molecular weight is 473 g/mol. The van der Waals surface area contributed by atoms with Crippen molar-refractivity contribution in [3.05, 3.63) is 29.6 Å². The van der Waals surface area contributed by atoms with Crippen molar-refractivity contribution in [2.45, 2.75) is 24.5 Å². The number of benzene rings is 1. The molecule has 1 aromatic rings. The summed E-state index contributed by atoms with van der Waals surface area (Å²) in [6, 6.07) is 3.45. The first-order valence-corrected chi connectivity index (χ1v) is 12.0. The molecule has 0 aliphatic carbocycles. The SMILES string of the molecule is Cc1cc(F)ccc1S(=O)(=O)N1CCCOC1CNC(=O)C(=O)NCCN1CCOCC1. The van der Waals surface area contributed by atoms with E-state index in [9.17, 15) is 22.4 Å². The normalized spacial score (nSPS) is 20.6. The van der Waals surface area contributed by atoms with E-state index in [1.807, 2.05) is 0 Å². The number of nitrogens with zero attached hydrogens (tertiary/aromatic N) is 2. The van der Waals surface area contributed by atoms with Gasteiger partial charge in [-0.25, -0.2) is 12.8 Å². The Labute approximate surface area is 187 Å². The van der Waals surface area contributed by atoms with Crippen LogP contribution in [0.1, 0.15) is 12.0 Å². The molecule has 2 fully saturated rings. The summed E-state index contributed by atoms with van der Waals surface area (Å²) >= 11 is 0. The number of carbonyl (C=O) groups is 2. The standard InChI is InChI=1S/C20H29FN4O6S/c1-15-13-16(21)3-4-17(15)32(28,29)25-6-2-10-31-18(25)14-23-20(27)19(26)22-5-7-24-8-11-30-12-9-24/h3-4,13,18H,2,5-12,14H2,1H3,(H,22,26)(H,23,27). The zero-order valence-corrected chi connectivity index (χ0v) is 18.8. The highest BCUT2D eigenvalue weighted by atomic mass is 32.2. The molecule has 178 valence electrons. The van der Waals surface area contributed by atoms with Crippen molar-refractivity contribution in [1.29, 1.82) is 0 Å². The minimum Gasteiger partial charge on any atom is -0.379 e. The van der Waals surface area contributed by atoms with Gasteiger partial charge in [-0.05, 0) is 37.1 Å². The van der Waals surface area contributed by atoms with Gasteiger partial charge in [-0.2, -0.15) is 4.31 Å². The molecule has 2 aliphatic rings. The van der Waals surface area contributed by atoms with E-state index in [2.05, 4.69) is 15.5 Å². The lowest BCUT2D eigenvalue weighted by atomic mass is 10.2. The van der Waals surface area contributed by atoms with Crippen molar-refractivity contribution < 1.29 is 31.9 Å². The summed E-state index contributed by atoms with van der Waals surface area (Å²) in [4.78, 5) is 26.3. The van der Waals surface area contributed by atoms with E-state index in [0.29, 0.717) is 39.3 Å². The maximum atomic E-state index is 13.4. The maximum absolute atomic E-state index is 13.4. The first kappa shape index (κ1) is 24.5. The molecule has 32 heavy (non-hydrogen) atoms. The van der Waals surface area contributed by atoms with Crippen molar-refractivity contribution >= 4 is 21.8 Å². The van der Waals surface area contributed by atoms with E-state index in [-0.39, 0.29) is 23.5 Å². The lowest BCUT2D eigenvalue weighted by Crippen LogP contribution is -2.53. The number of amides is 2. The Bertz CT molecular complexity index is 923. The average Bonchev–Trinajstić information content (AvgIpc) is 2.78. The van der Waals surface area contributed by atoms with Crippen LogP contribution >= 0.6 is 0 Å². The Morgan fingerprint density at radius 1 is 1.12 bits per heavy atom. The highest BCUT2D eigenvalue weighted by Gasteiger charge is 2.35. The van der Waals surface area contributed by atoms with Crippen LogP contribution < -0.4 is 10.6 Å². The molecule has 0 bridgehead atoms. The fourth-order valence-corrected chi connectivity index (χ4v) is 5.40. The number of rotatable bonds is 7. The summed E-state index contributed by atoms with van der Waals surface area (Å²) in [5.74, 6) is -2.19. The smallest absolute Gasteiger partial charge is 0.309 e. The predicted molar refractivity (Wildman–Crippen MR) is 113 cm³/mol. The Balaban J connectivity index is 1.54. The van der Waals surface area contributed by atoms with E-state index in [0.717, 1.165) is 29.5 Å². The molecule has 1 atom stereocenters. The molecule has 1 unspecified atom stereocenters. The van der Waals surface area contributed by atoms with Gasteiger partial charge in [0.2, 0.25) is 10.0 Å². The van der Waals surface area contributed by atoms with Gasteiger partial charge in [-0.1, -0.05) is 0 Å². The summed E-state index contributed by atoms with van der Waals surface area (Å²) in [7, 11) is -3.98. The highest BCUT2D eigenvalue weighted by Crippen LogP contribution is 2.25. The Hall–Kier alpha value is -2.12. The Morgan fingerprint density at radius 3 is 2.56 bits per heavy atom. The lowest BCUT2D eigenvalue weighted by molar-refractivity contribution is -0.140. The number of halogens is 1. The Kier molecular flexibility index (Phi) is 8.54. The van der Waals surface area contributed by atoms with Crippen molar-refractivity contribution in [2.24, 2.45) is 0 Å². The van der Waals surface area contributed by atoms with Crippen LogP contribution in [0.4, 0.5) is 4.39 Å². The minimum absolute atomic E-state index is 0.0263. The molecule has 2 aliphatic heterocycles. The second-order valence-corrected chi connectivity index (χ2v) is 9.48. The van der Waals surface area contributed by atoms with Crippen molar-refractivity contribution in [3.63, 3.8) is 0 Å².